The first-order chi connectivity index (χ1) is 8.61. The summed E-state index contributed by atoms with van der Waals surface area (Å²) >= 11 is 0. The van der Waals surface area contributed by atoms with Crippen LogP contribution in [0.25, 0.3) is 0 Å². The molecule has 1 N–H and O–H groups in total. The quantitative estimate of drug-likeness (QED) is 0.835. The molecule has 102 valence electrons. The third-order valence-electron chi connectivity index (χ3n) is 4.43. The number of hydrogen-bond donors (Lipinski definition) is 1. The van der Waals surface area contributed by atoms with Gasteiger partial charge in [-0.1, -0.05) is 13.3 Å². The zero-order chi connectivity index (χ0) is 13.1. The molecule has 0 aromatic carbocycles. The zero-order valence-corrected chi connectivity index (χ0v) is 11.1. The molecule has 18 heavy (non-hydrogen) atoms. The van der Waals surface area contributed by atoms with Crippen molar-refractivity contribution < 1.29 is 14.7 Å². The standard InChI is InChI=1S/C14H23NO3/c1-2-3-10-6-7-15(9-10)13(16)11-4-5-12(8-11)14(17)18/h10-12H,2-9H2,1H3,(H,17,18). The fourth-order valence-electron chi connectivity index (χ4n) is 3.36. The molecule has 0 aromatic rings. The van der Waals surface area contributed by atoms with E-state index in [-0.39, 0.29) is 17.7 Å². The minimum atomic E-state index is -0.740. The SMILES string of the molecule is CCCC1CCN(C(=O)C2CCC(C(=O)O)C2)C1. The average Bonchev–Trinajstić information content (AvgIpc) is 2.97. The van der Waals surface area contributed by atoms with Gasteiger partial charge in [0.1, 0.15) is 0 Å². The van der Waals surface area contributed by atoms with Crippen molar-refractivity contribution in [2.45, 2.75) is 45.4 Å². The summed E-state index contributed by atoms with van der Waals surface area (Å²) in [5.74, 6) is -0.206. The molecule has 1 saturated heterocycles. The van der Waals surface area contributed by atoms with Crippen LogP contribution in [0.1, 0.15) is 45.4 Å². The van der Waals surface area contributed by atoms with E-state index in [4.69, 9.17) is 5.11 Å². The van der Waals surface area contributed by atoms with E-state index in [9.17, 15) is 9.59 Å². The Morgan fingerprint density at radius 2 is 1.94 bits per heavy atom. The number of carbonyl (C=O) groups excluding carboxylic acids is 1. The Labute approximate surface area is 108 Å². The van der Waals surface area contributed by atoms with E-state index in [0.29, 0.717) is 18.8 Å². The van der Waals surface area contributed by atoms with Crippen LogP contribution in [-0.4, -0.2) is 35.0 Å². The minimum absolute atomic E-state index is 0.0357. The molecule has 1 saturated carbocycles. The summed E-state index contributed by atoms with van der Waals surface area (Å²) in [5.41, 5.74) is 0. The number of rotatable bonds is 4. The number of hydrogen-bond acceptors (Lipinski definition) is 2. The van der Waals surface area contributed by atoms with Crippen molar-refractivity contribution in [1.82, 2.24) is 4.90 Å². The van der Waals surface area contributed by atoms with Gasteiger partial charge in [0.2, 0.25) is 5.91 Å². The van der Waals surface area contributed by atoms with Crippen molar-refractivity contribution in [3.63, 3.8) is 0 Å². The van der Waals surface area contributed by atoms with Crippen molar-refractivity contribution >= 4 is 11.9 Å². The molecule has 2 rings (SSSR count). The molecular weight excluding hydrogens is 230 g/mol. The van der Waals surface area contributed by atoms with Gasteiger partial charge in [-0.25, -0.2) is 0 Å². The predicted molar refractivity (Wildman–Crippen MR) is 68.1 cm³/mol. The summed E-state index contributed by atoms with van der Waals surface area (Å²) in [6.45, 7) is 3.94. The fourth-order valence-corrected chi connectivity index (χ4v) is 3.36. The predicted octanol–water partition coefficient (Wildman–Crippen LogP) is 2.14. The largest absolute Gasteiger partial charge is 0.481 e. The van der Waals surface area contributed by atoms with Gasteiger partial charge in [-0.2, -0.15) is 0 Å². The summed E-state index contributed by atoms with van der Waals surface area (Å²) < 4.78 is 0. The highest BCUT2D eigenvalue weighted by Crippen LogP contribution is 2.34. The number of amides is 1. The van der Waals surface area contributed by atoms with E-state index < -0.39 is 5.97 Å². The Morgan fingerprint density at radius 1 is 1.22 bits per heavy atom. The molecule has 2 aliphatic rings. The first-order valence-electron chi connectivity index (χ1n) is 7.13. The molecule has 1 amide bonds. The molecule has 1 aliphatic heterocycles. The van der Waals surface area contributed by atoms with Crippen LogP contribution < -0.4 is 0 Å². The van der Waals surface area contributed by atoms with Crippen molar-refractivity contribution in [3.05, 3.63) is 0 Å². The molecule has 4 nitrogen and oxygen atoms in total. The minimum Gasteiger partial charge on any atom is -0.481 e. The van der Waals surface area contributed by atoms with Gasteiger partial charge in [0.05, 0.1) is 5.92 Å². The molecular formula is C14H23NO3. The van der Waals surface area contributed by atoms with Crippen LogP contribution in [0.4, 0.5) is 0 Å². The summed E-state index contributed by atoms with van der Waals surface area (Å²) in [4.78, 5) is 25.2. The van der Waals surface area contributed by atoms with Crippen LogP contribution in [0, 0.1) is 17.8 Å². The van der Waals surface area contributed by atoms with Crippen LogP contribution in [0.15, 0.2) is 0 Å². The smallest absolute Gasteiger partial charge is 0.306 e. The van der Waals surface area contributed by atoms with E-state index in [1.54, 1.807) is 0 Å². The first kappa shape index (κ1) is 13.4. The lowest BCUT2D eigenvalue weighted by molar-refractivity contribution is -0.141. The van der Waals surface area contributed by atoms with E-state index in [1.807, 2.05) is 4.90 Å². The summed E-state index contributed by atoms with van der Waals surface area (Å²) in [5, 5.41) is 8.97. The Morgan fingerprint density at radius 3 is 2.56 bits per heavy atom. The van der Waals surface area contributed by atoms with Crippen LogP contribution in [0.3, 0.4) is 0 Å². The zero-order valence-electron chi connectivity index (χ0n) is 11.1. The van der Waals surface area contributed by atoms with Crippen molar-refractivity contribution in [3.8, 4) is 0 Å². The third-order valence-corrected chi connectivity index (χ3v) is 4.43. The van der Waals surface area contributed by atoms with Crippen LogP contribution in [0.5, 0.6) is 0 Å². The lowest BCUT2D eigenvalue weighted by Crippen LogP contribution is -2.33. The Hall–Kier alpha value is -1.06. The second-order valence-electron chi connectivity index (χ2n) is 5.77. The van der Waals surface area contributed by atoms with E-state index in [1.165, 1.54) is 12.8 Å². The highest BCUT2D eigenvalue weighted by atomic mass is 16.4. The summed E-state index contributed by atoms with van der Waals surface area (Å²) in [6.07, 6.45) is 5.46. The Bertz CT molecular complexity index is 329. The molecule has 3 unspecified atom stereocenters. The number of carboxylic acid groups (broad SMARTS) is 1. The van der Waals surface area contributed by atoms with Crippen molar-refractivity contribution in [2.75, 3.05) is 13.1 Å². The summed E-state index contributed by atoms with van der Waals surface area (Å²) in [6, 6.07) is 0. The molecule has 4 heteroatoms. The molecule has 0 spiro atoms. The van der Waals surface area contributed by atoms with E-state index >= 15 is 0 Å². The number of likely N-dealkylation sites (tertiary alicyclic amines) is 1. The molecule has 0 radical (unpaired) electrons. The fraction of sp³-hybridized carbons (Fsp3) is 0.857. The molecule has 0 bridgehead atoms. The maximum atomic E-state index is 12.3. The molecule has 3 atom stereocenters. The number of carbonyl (C=O) groups is 2. The molecule has 0 aromatic heterocycles. The third kappa shape index (κ3) is 2.85. The topological polar surface area (TPSA) is 57.6 Å². The Kier molecular flexibility index (Phi) is 4.25. The van der Waals surface area contributed by atoms with Crippen LogP contribution in [0.2, 0.25) is 0 Å². The van der Waals surface area contributed by atoms with Gasteiger partial charge in [-0.05, 0) is 38.0 Å². The Balaban J connectivity index is 1.84. The van der Waals surface area contributed by atoms with Crippen LogP contribution >= 0.6 is 0 Å². The van der Waals surface area contributed by atoms with Gasteiger partial charge in [0.25, 0.3) is 0 Å². The summed E-state index contributed by atoms with van der Waals surface area (Å²) in [7, 11) is 0. The van der Waals surface area contributed by atoms with Gasteiger partial charge < -0.3 is 10.0 Å². The van der Waals surface area contributed by atoms with E-state index in [0.717, 1.165) is 25.9 Å². The van der Waals surface area contributed by atoms with Crippen molar-refractivity contribution in [2.24, 2.45) is 17.8 Å². The number of carboxylic acids is 1. The number of aliphatic carboxylic acids is 1. The van der Waals surface area contributed by atoms with Gasteiger partial charge >= 0.3 is 5.97 Å². The molecule has 1 aliphatic carbocycles. The van der Waals surface area contributed by atoms with Gasteiger partial charge in [0, 0.05) is 19.0 Å². The normalized spacial score (nSPS) is 31.8. The number of nitrogens with zero attached hydrogens (tertiary/aromatic N) is 1. The monoisotopic (exact) mass is 253 g/mol. The molecule has 2 fully saturated rings. The van der Waals surface area contributed by atoms with Gasteiger partial charge in [-0.3, -0.25) is 9.59 Å². The van der Waals surface area contributed by atoms with Gasteiger partial charge in [-0.15, -0.1) is 0 Å². The first-order valence-corrected chi connectivity index (χ1v) is 7.13. The van der Waals surface area contributed by atoms with Gasteiger partial charge in [0.15, 0.2) is 0 Å². The highest BCUT2D eigenvalue weighted by Gasteiger charge is 2.37. The average molecular weight is 253 g/mol. The van der Waals surface area contributed by atoms with E-state index in [2.05, 4.69) is 6.92 Å². The lowest BCUT2D eigenvalue weighted by atomic mass is 10.0. The molecule has 1 heterocycles. The van der Waals surface area contributed by atoms with Crippen LogP contribution in [-0.2, 0) is 9.59 Å². The highest BCUT2D eigenvalue weighted by molar-refractivity contribution is 5.81. The maximum Gasteiger partial charge on any atom is 0.306 e. The second kappa shape index (κ2) is 5.72. The van der Waals surface area contributed by atoms with Crippen molar-refractivity contribution in [1.29, 1.82) is 0 Å². The lowest BCUT2D eigenvalue weighted by Gasteiger charge is -2.20. The second-order valence-corrected chi connectivity index (χ2v) is 5.77. The maximum absolute atomic E-state index is 12.3.